The van der Waals surface area contributed by atoms with Gasteiger partial charge in [-0.15, -0.1) is 11.3 Å². The van der Waals surface area contributed by atoms with Crippen molar-refractivity contribution in [1.82, 2.24) is 14.9 Å². The van der Waals surface area contributed by atoms with E-state index in [-0.39, 0.29) is 17.3 Å². The van der Waals surface area contributed by atoms with Crippen LogP contribution in [0.25, 0.3) is 21.5 Å². The van der Waals surface area contributed by atoms with Gasteiger partial charge in [-0.25, -0.2) is 13.1 Å². The number of hydrogen-bond acceptors (Lipinski definition) is 6. The summed E-state index contributed by atoms with van der Waals surface area (Å²) in [6, 6.07) is 16.4. The first kappa shape index (κ1) is 15.9. The fourth-order valence-electron chi connectivity index (χ4n) is 2.41. The first-order valence-electron chi connectivity index (χ1n) is 7.47. The molecule has 0 amide bonds. The topological polar surface area (TPSA) is 85.1 Å². The molecule has 0 aliphatic heterocycles. The van der Waals surface area contributed by atoms with Gasteiger partial charge >= 0.3 is 0 Å². The molecule has 2 aromatic heterocycles. The number of sulfonamides is 1. The Balaban J connectivity index is 1.53. The maximum absolute atomic E-state index is 12.5. The average molecular weight is 371 g/mol. The highest BCUT2D eigenvalue weighted by Crippen LogP contribution is 2.22. The lowest BCUT2D eigenvalue weighted by Gasteiger charge is -2.06. The number of nitrogens with one attached hydrogen (secondary N) is 1. The number of aromatic nitrogens is 2. The maximum Gasteiger partial charge on any atom is 0.242 e. The number of rotatable bonds is 5. The van der Waals surface area contributed by atoms with Gasteiger partial charge in [-0.1, -0.05) is 41.6 Å². The summed E-state index contributed by atoms with van der Waals surface area (Å²) in [6.07, 6.45) is 0. The molecule has 8 heteroatoms. The third-order valence-electron chi connectivity index (χ3n) is 3.65. The van der Waals surface area contributed by atoms with E-state index in [4.69, 9.17) is 4.52 Å². The van der Waals surface area contributed by atoms with Gasteiger partial charge in [0, 0.05) is 0 Å². The van der Waals surface area contributed by atoms with Crippen molar-refractivity contribution in [2.24, 2.45) is 0 Å². The number of benzene rings is 2. The Bertz CT molecular complexity index is 1120. The molecule has 0 saturated heterocycles. The Morgan fingerprint density at radius 1 is 1.04 bits per heavy atom. The van der Waals surface area contributed by atoms with Crippen LogP contribution in [0.4, 0.5) is 0 Å². The summed E-state index contributed by atoms with van der Waals surface area (Å²) in [4.78, 5) is 5.27. The van der Waals surface area contributed by atoms with Crippen molar-refractivity contribution >= 4 is 32.1 Å². The fraction of sp³-hybridized carbons (Fsp3) is 0.0588. The average Bonchev–Trinajstić information content (AvgIpc) is 3.31. The molecule has 0 aliphatic carbocycles. The molecule has 4 aromatic rings. The van der Waals surface area contributed by atoms with Crippen LogP contribution in [0.15, 0.2) is 69.4 Å². The highest BCUT2D eigenvalue weighted by atomic mass is 32.2. The van der Waals surface area contributed by atoms with Crippen LogP contribution in [-0.2, 0) is 16.6 Å². The SMILES string of the molecule is O=S(=O)(NCc1nc(-c2cccs2)no1)c1ccc2ccccc2c1. The Kier molecular flexibility index (Phi) is 4.08. The van der Waals surface area contributed by atoms with Crippen molar-refractivity contribution in [3.8, 4) is 10.7 Å². The summed E-state index contributed by atoms with van der Waals surface area (Å²) in [7, 11) is -3.67. The molecule has 126 valence electrons. The van der Waals surface area contributed by atoms with Gasteiger partial charge in [0.2, 0.25) is 21.7 Å². The second-order valence-electron chi connectivity index (χ2n) is 5.32. The van der Waals surface area contributed by atoms with Crippen LogP contribution in [0.2, 0.25) is 0 Å². The van der Waals surface area contributed by atoms with Crippen LogP contribution in [0.3, 0.4) is 0 Å². The van der Waals surface area contributed by atoms with Crippen LogP contribution >= 0.6 is 11.3 Å². The first-order chi connectivity index (χ1) is 12.1. The van der Waals surface area contributed by atoms with Crippen LogP contribution in [0.1, 0.15) is 5.89 Å². The van der Waals surface area contributed by atoms with Gasteiger partial charge in [0.1, 0.15) is 0 Å². The Labute approximate surface area is 148 Å². The van der Waals surface area contributed by atoms with Crippen LogP contribution < -0.4 is 4.72 Å². The molecular weight excluding hydrogens is 358 g/mol. The van der Waals surface area contributed by atoms with E-state index < -0.39 is 10.0 Å². The molecule has 1 N–H and O–H groups in total. The number of thiophene rings is 1. The van der Waals surface area contributed by atoms with Crippen molar-refractivity contribution in [3.05, 3.63) is 65.9 Å². The fourth-order valence-corrected chi connectivity index (χ4v) is 4.07. The van der Waals surface area contributed by atoms with Gasteiger partial charge < -0.3 is 4.52 Å². The van der Waals surface area contributed by atoms with E-state index >= 15 is 0 Å². The second-order valence-corrected chi connectivity index (χ2v) is 8.04. The molecular formula is C17H13N3O3S2. The molecule has 4 rings (SSSR count). The smallest absolute Gasteiger partial charge is 0.242 e. The van der Waals surface area contributed by atoms with Crippen LogP contribution in [-0.4, -0.2) is 18.6 Å². The summed E-state index contributed by atoms with van der Waals surface area (Å²) < 4.78 is 32.6. The number of nitrogens with zero attached hydrogens (tertiary/aromatic N) is 2. The molecule has 0 aliphatic rings. The molecule has 25 heavy (non-hydrogen) atoms. The van der Waals surface area contributed by atoms with Crippen molar-refractivity contribution in [2.75, 3.05) is 0 Å². The van der Waals surface area contributed by atoms with Crippen LogP contribution in [0.5, 0.6) is 0 Å². The van der Waals surface area contributed by atoms with E-state index in [2.05, 4.69) is 14.9 Å². The maximum atomic E-state index is 12.5. The third-order valence-corrected chi connectivity index (χ3v) is 5.92. The predicted molar refractivity (Wildman–Crippen MR) is 95.6 cm³/mol. The molecule has 0 atom stereocenters. The molecule has 0 spiro atoms. The van der Waals surface area contributed by atoms with Gasteiger partial charge in [0.25, 0.3) is 0 Å². The Morgan fingerprint density at radius 3 is 2.68 bits per heavy atom. The van der Waals surface area contributed by atoms with E-state index in [1.807, 2.05) is 41.8 Å². The van der Waals surface area contributed by atoms with E-state index in [0.29, 0.717) is 5.82 Å². The minimum atomic E-state index is -3.67. The van der Waals surface area contributed by atoms with Gasteiger partial charge in [-0.3, -0.25) is 0 Å². The van der Waals surface area contributed by atoms with Crippen molar-refractivity contribution < 1.29 is 12.9 Å². The lowest BCUT2D eigenvalue weighted by atomic mass is 10.1. The minimum absolute atomic E-state index is 0.0620. The quantitative estimate of drug-likeness (QED) is 0.581. The normalized spacial score (nSPS) is 11.8. The van der Waals surface area contributed by atoms with Crippen molar-refractivity contribution in [3.63, 3.8) is 0 Å². The molecule has 0 fully saturated rings. The highest BCUT2D eigenvalue weighted by molar-refractivity contribution is 7.89. The zero-order chi connectivity index (χ0) is 17.3. The molecule has 0 unspecified atom stereocenters. The monoisotopic (exact) mass is 371 g/mol. The van der Waals surface area contributed by atoms with Gasteiger partial charge in [0.15, 0.2) is 0 Å². The minimum Gasteiger partial charge on any atom is -0.337 e. The lowest BCUT2D eigenvalue weighted by molar-refractivity contribution is 0.376. The zero-order valence-corrected chi connectivity index (χ0v) is 14.5. The summed E-state index contributed by atoms with van der Waals surface area (Å²) in [5, 5.41) is 7.62. The summed E-state index contributed by atoms with van der Waals surface area (Å²) >= 11 is 1.49. The predicted octanol–water partition coefficient (Wildman–Crippen LogP) is 3.43. The summed E-state index contributed by atoms with van der Waals surface area (Å²) in [6.45, 7) is -0.0620. The van der Waals surface area contributed by atoms with E-state index in [1.165, 1.54) is 11.3 Å². The summed E-state index contributed by atoms with van der Waals surface area (Å²) in [5.41, 5.74) is 0. The standard InChI is InChI=1S/C17H13N3O3S2/c21-25(22,14-8-7-12-4-1-2-5-13(12)10-14)18-11-16-19-17(20-23-16)15-6-3-9-24-15/h1-10,18H,11H2. The lowest BCUT2D eigenvalue weighted by Crippen LogP contribution is -2.23. The van der Waals surface area contributed by atoms with Gasteiger partial charge in [0.05, 0.1) is 16.3 Å². The summed E-state index contributed by atoms with van der Waals surface area (Å²) in [5.74, 6) is 0.669. The van der Waals surface area contributed by atoms with E-state index in [0.717, 1.165) is 15.6 Å². The number of fused-ring (bicyclic) bond motifs is 1. The van der Waals surface area contributed by atoms with E-state index in [1.54, 1.807) is 18.2 Å². The van der Waals surface area contributed by atoms with Crippen LogP contribution in [0, 0.1) is 0 Å². The molecule has 2 aromatic carbocycles. The molecule has 2 heterocycles. The second kappa shape index (κ2) is 6.40. The Hall–Kier alpha value is -2.55. The molecule has 0 bridgehead atoms. The largest absolute Gasteiger partial charge is 0.337 e. The highest BCUT2D eigenvalue weighted by Gasteiger charge is 2.17. The Morgan fingerprint density at radius 2 is 1.88 bits per heavy atom. The molecule has 0 saturated carbocycles. The number of hydrogen-bond donors (Lipinski definition) is 1. The van der Waals surface area contributed by atoms with Crippen molar-refractivity contribution in [1.29, 1.82) is 0 Å². The third kappa shape index (κ3) is 3.32. The molecule has 0 radical (unpaired) electrons. The van der Waals surface area contributed by atoms with Crippen molar-refractivity contribution in [2.45, 2.75) is 11.4 Å². The van der Waals surface area contributed by atoms with Gasteiger partial charge in [-0.2, -0.15) is 4.98 Å². The molecule has 6 nitrogen and oxygen atoms in total. The van der Waals surface area contributed by atoms with Gasteiger partial charge in [-0.05, 0) is 34.4 Å². The zero-order valence-electron chi connectivity index (χ0n) is 12.9. The first-order valence-corrected chi connectivity index (χ1v) is 9.83. The van der Waals surface area contributed by atoms with E-state index in [9.17, 15) is 8.42 Å².